The van der Waals surface area contributed by atoms with Crippen LogP contribution in [0.3, 0.4) is 0 Å². The van der Waals surface area contributed by atoms with Gasteiger partial charge in [0, 0.05) is 23.7 Å². The topological polar surface area (TPSA) is 81.6 Å². The molecule has 0 spiro atoms. The predicted molar refractivity (Wildman–Crippen MR) is 97.5 cm³/mol. The third-order valence-electron chi connectivity index (χ3n) is 5.02. The van der Waals surface area contributed by atoms with Crippen molar-refractivity contribution in [2.24, 2.45) is 0 Å². The van der Waals surface area contributed by atoms with Crippen LogP contribution in [0.4, 0.5) is 0 Å². The lowest BCUT2D eigenvalue weighted by molar-refractivity contribution is 0.0692. The number of likely N-dealkylation sites (tertiary alicyclic amines) is 1. The van der Waals surface area contributed by atoms with Gasteiger partial charge in [-0.3, -0.25) is 4.79 Å². The first-order chi connectivity index (χ1) is 13.1. The van der Waals surface area contributed by atoms with Gasteiger partial charge < -0.3 is 18.7 Å². The summed E-state index contributed by atoms with van der Waals surface area (Å²) in [5.74, 6) is 1.54. The van der Waals surface area contributed by atoms with E-state index in [4.69, 9.17) is 13.8 Å². The highest BCUT2D eigenvalue weighted by Gasteiger charge is 2.35. The first-order valence-electron chi connectivity index (χ1n) is 8.93. The maximum Gasteiger partial charge on any atom is 0.293 e. The summed E-state index contributed by atoms with van der Waals surface area (Å²) in [5.41, 5.74) is 3.26. The number of aromatic nitrogens is 2. The Kier molecular flexibility index (Phi) is 4.43. The first kappa shape index (κ1) is 17.3. The SMILES string of the molecule is COc1cccc(-c2cc(C(=O)N3CCC[C@H]3c3c(C)noc3C)on2)c1. The van der Waals surface area contributed by atoms with Gasteiger partial charge in [-0.15, -0.1) is 0 Å². The van der Waals surface area contributed by atoms with Crippen molar-refractivity contribution in [3.63, 3.8) is 0 Å². The standard InChI is InChI=1S/C20H21N3O4/c1-12-19(13(2)26-21-12)17-8-5-9-23(17)20(24)18-11-16(22-27-18)14-6-4-7-15(10-14)25-3/h4,6-7,10-11,17H,5,8-9H2,1-3H3/t17-/m0/s1. The molecule has 0 saturated carbocycles. The Morgan fingerprint density at radius 2 is 2.07 bits per heavy atom. The largest absolute Gasteiger partial charge is 0.497 e. The van der Waals surface area contributed by atoms with Crippen LogP contribution >= 0.6 is 0 Å². The molecular weight excluding hydrogens is 346 g/mol. The quantitative estimate of drug-likeness (QED) is 0.695. The van der Waals surface area contributed by atoms with E-state index in [1.807, 2.05) is 43.0 Å². The fourth-order valence-electron chi connectivity index (χ4n) is 3.71. The van der Waals surface area contributed by atoms with Crippen molar-refractivity contribution < 1.29 is 18.6 Å². The summed E-state index contributed by atoms with van der Waals surface area (Å²) in [6.07, 6.45) is 1.81. The van der Waals surface area contributed by atoms with Gasteiger partial charge in [-0.05, 0) is 38.8 Å². The van der Waals surface area contributed by atoms with Crippen molar-refractivity contribution in [3.8, 4) is 17.0 Å². The highest BCUT2D eigenvalue weighted by Crippen LogP contribution is 2.36. The molecule has 0 radical (unpaired) electrons. The summed E-state index contributed by atoms with van der Waals surface area (Å²) in [6, 6.07) is 9.12. The molecule has 1 fully saturated rings. The Hall–Kier alpha value is -3.09. The average Bonchev–Trinajstić information content (AvgIpc) is 3.41. The number of carbonyl (C=O) groups is 1. The van der Waals surface area contributed by atoms with E-state index in [2.05, 4.69) is 10.3 Å². The maximum absolute atomic E-state index is 13.1. The Balaban J connectivity index is 1.60. The van der Waals surface area contributed by atoms with Crippen LogP contribution in [0.1, 0.15) is 46.5 Å². The molecule has 0 bridgehead atoms. The van der Waals surface area contributed by atoms with Crippen LogP contribution in [0.2, 0.25) is 0 Å². The number of hydrogen-bond donors (Lipinski definition) is 0. The van der Waals surface area contributed by atoms with Crippen molar-refractivity contribution >= 4 is 5.91 Å². The summed E-state index contributed by atoms with van der Waals surface area (Å²) >= 11 is 0. The molecule has 7 heteroatoms. The molecule has 0 unspecified atom stereocenters. The summed E-state index contributed by atoms with van der Waals surface area (Å²) < 4.78 is 15.9. The second kappa shape index (κ2) is 6.90. The molecule has 140 valence electrons. The molecule has 3 aromatic rings. The highest BCUT2D eigenvalue weighted by atomic mass is 16.5. The molecule has 2 aromatic heterocycles. The number of rotatable bonds is 4. The van der Waals surface area contributed by atoms with Crippen LogP contribution in [0, 0.1) is 13.8 Å². The van der Waals surface area contributed by atoms with E-state index >= 15 is 0 Å². The Bertz CT molecular complexity index is 956. The molecule has 1 amide bonds. The molecule has 1 saturated heterocycles. The minimum Gasteiger partial charge on any atom is -0.497 e. The normalized spacial score (nSPS) is 16.7. The molecule has 0 N–H and O–H groups in total. The van der Waals surface area contributed by atoms with E-state index in [1.165, 1.54) is 0 Å². The molecular formula is C20H21N3O4. The number of methoxy groups -OCH3 is 1. The highest BCUT2D eigenvalue weighted by molar-refractivity contribution is 5.93. The number of benzene rings is 1. The van der Waals surface area contributed by atoms with Gasteiger partial charge in [-0.1, -0.05) is 22.4 Å². The molecule has 1 aliphatic heterocycles. The zero-order valence-corrected chi connectivity index (χ0v) is 15.6. The van der Waals surface area contributed by atoms with Crippen LogP contribution < -0.4 is 4.74 Å². The molecule has 1 aliphatic rings. The number of aryl methyl sites for hydroxylation is 2. The molecule has 0 aliphatic carbocycles. The van der Waals surface area contributed by atoms with Crippen molar-refractivity contribution in [1.82, 2.24) is 15.2 Å². The van der Waals surface area contributed by atoms with E-state index in [0.29, 0.717) is 12.2 Å². The Morgan fingerprint density at radius 1 is 1.22 bits per heavy atom. The summed E-state index contributed by atoms with van der Waals surface area (Å²) in [6.45, 7) is 4.45. The van der Waals surface area contributed by atoms with Gasteiger partial charge in [0.05, 0.1) is 18.8 Å². The molecule has 1 atom stereocenters. The number of hydrogen-bond acceptors (Lipinski definition) is 6. The minimum atomic E-state index is -0.167. The van der Waals surface area contributed by atoms with Gasteiger partial charge in [-0.2, -0.15) is 0 Å². The minimum absolute atomic E-state index is 0.0471. The van der Waals surface area contributed by atoms with E-state index in [1.54, 1.807) is 13.2 Å². The number of carbonyl (C=O) groups excluding carboxylic acids is 1. The number of ether oxygens (including phenoxy) is 1. The molecule has 4 rings (SSSR count). The van der Waals surface area contributed by atoms with Crippen molar-refractivity contribution in [1.29, 1.82) is 0 Å². The van der Waals surface area contributed by atoms with Crippen LogP contribution in [0.5, 0.6) is 5.75 Å². The van der Waals surface area contributed by atoms with Gasteiger partial charge in [0.25, 0.3) is 5.91 Å². The fourth-order valence-corrected chi connectivity index (χ4v) is 3.71. The third kappa shape index (κ3) is 3.09. The van der Waals surface area contributed by atoms with E-state index in [-0.39, 0.29) is 17.7 Å². The number of amides is 1. The maximum atomic E-state index is 13.1. The Morgan fingerprint density at radius 3 is 2.81 bits per heavy atom. The van der Waals surface area contributed by atoms with Gasteiger partial charge >= 0.3 is 0 Å². The van der Waals surface area contributed by atoms with Crippen LogP contribution in [-0.4, -0.2) is 34.8 Å². The Labute approximate surface area is 156 Å². The summed E-state index contributed by atoms with van der Waals surface area (Å²) in [5, 5.41) is 8.10. The molecule has 1 aromatic carbocycles. The fraction of sp³-hybridized carbons (Fsp3) is 0.350. The van der Waals surface area contributed by atoms with Gasteiger partial charge in [0.15, 0.2) is 0 Å². The average molecular weight is 367 g/mol. The van der Waals surface area contributed by atoms with E-state index in [9.17, 15) is 4.79 Å². The second-order valence-corrected chi connectivity index (χ2v) is 6.70. The van der Waals surface area contributed by atoms with Gasteiger partial charge in [0.2, 0.25) is 5.76 Å². The first-order valence-corrected chi connectivity index (χ1v) is 8.93. The van der Waals surface area contributed by atoms with Crippen LogP contribution in [-0.2, 0) is 0 Å². The third-order valence-corrected chi connectivity index (χ3v) is 5.02. The van der Waals surface area contributed by atoms with E-state index < -0.39 is 0 Å². The molecule has 27 heavy (non-hydrogen) atoms. The lowest BCUT2D eigenvalue weighted by Crippen LogP contribution is -2.30. The molecule has 3 heterocycles. The number of nitrogens with zero attached hydrogens (tertiary/aromatic N) is 3. The monoisotopic (exact) mass is 367 g/mol. The van der Waals surface area contributed by atoms with Crippen LogP contribution in [0.25, 0.3) is 11.3 Å². The summed E-state index contributed by atoms with van der Waals surface area (Å²) in [4.78, 5) is 14.9. The van der Waals surface area contributed by atoms with Gasteiger partial charge in [-0.25, -0.2) is 0 Å². The zero-order chi connectivity index (χ0) is 19.0. The van der Waals surface area contributed by atoms with Gasteiger partial charge in [0.1, 0.15) is 17.2 Å². The lowest BCUT2D eigenvalue weighted by atomic mass is 10.0. The zero-order valence-electron chi connectivity index (χ0n) is 15.6. The lowest BCUT2D eigenvalue weighted by Gasteiger charge is -2.23. The van der Waals surface area contributed by atoms with E-state index in [0.717, 1.165) is 41.2 Å². The second-order valence-electron chi connectivity index (χ2n) is 6.70. The van der Waals surface area contributed by atoms with Crippen molar-refractivity contribution in [2.75, 3.05) is 13.7 Å². The van der Waals surface area contributed by atoms with Crippen LogP contribution in [0.15, 0.2) is 39.4 Å². The smallest absolute Gasteiger partial charge is 0.293 e. The summed E-state index contributed by atoms with van der Waals surface area (Å²) in [7, 11) is 1.61. The van der Waals surface area contributed by atoms with Crippen molar-refractivity contribution in [2.45, 2.75) is 32.7 Å². The molecule has 7 nitrogen and oxygen atoms in total. The van der Waals surface area contributed by atoms with Crippen molar-refractivity contribution in [3.05, 3.63) is 53.1 Å². The predicted octanol–water partition coefficient (Wildman–Crippen LogP) is 3.93.